The van der Waals surface area contributed by atoms with Crippen molar-refractivity contribution in [3.05, 3.63) is 99.9 Å². The van der Waals surface area contributed by atoms with Crippen LogP contribution in [0.4, 0.5) is 22.4 Å². The quantitative estimate of drug-likeness (QED) is 0.169. The number of benzene rings is 3. The molecule has 0 bridgehead atoms. The van der Waals surface area contributed by atoms with Gasteiger partial charge in [-0.15, -0.1) is 0 Å². The van der Waals surface area contributed by atoms with Crippen molar-refractivity contribution < 1.29 is 31.9 Å². The number of amides is 3. The summed E-state index contributed by atoms with van der Waals surface area (Å²) in [5, 5.41) is 0.343. The first-order valence-electron chi connectivity index (χ1n) is 16.1. The SMILES string of the molecule is CCOc1ccc(-n2c(C(CCN(C)C(=O)N(C)C)N(CCN(C)C)C(=O)Cc3ccc(C(F)(F)F)c(F)c3)nc3ccccc3c2=O)cc1. The highest BCUT2D eigenvalue weighted by Gasteiger charge is 2.35. The van der Waals surface area contributed by atoms with E-state index in [-0.39, 0.29) is 42.5 Å². The third-order valence-corrected chi connectivity index (χ3v) is 8.13. The fourth-order valence-electron chi connectivity index (χ4n) is 5.60. The number of likely N-dealkylation sites (N-methyl/N-ethyl adjacent to an activating group) is 1. The summed E-state index contributed by atoms with van der Waals surface area (Å²) in [4.78, 5) is 52.6. The molecule has 50 heavy (non-hydrogen) atoms. The van der Waals surface area contributed by atoms with E-state index in [1.165, 1.54) is 19.3 Å². The van der Waals surface area contributed by atoms with Crippen LogP contribution < -0.4 is 10.3 Å². The average Bonchev–Trinajstić information content (AvgIpc) is 3.05. The van der Waals surface area contributed by atoms with Crippen LogP contribution in [0.1, 0.15) is 36.3 Å². The van der Waals surface area contributed by atoms with E-state index in [2.05, 4.69) is 0 Å². The van der Waals surface area contributed by atoms with Crippen molar-refractivity contribution >= 4 is 22.8 Å². The molecular weight excluding hydrogens is 656 g/mol. The van der Waals surface area contributed by atoms with E-state index in [1.54, 1.807) is 69.7 Å². The first-order valence-corrected chi connectivity index (χ1v) is 16.1. The van der Waals surface area contributed by atoms with Gasteiger partial charge in [0.05, 0.1) is 41.2 Å². The number of carbonyl (C=O) groups excluding carboxylic acids is 2. The number of urea groups is 1. The fourth-order valence-corrected chi connectivity index (χ4v) is 5.60. The van der Waals surface area contributed by atoms with E-state index in [9.17, 15) is 31.9 Å². The van der Waals surface area contributed by atoms with Crippen LogP contribution in [-0.2, 0) is 17.4 Å². The Hall–Kier alpha value is -4.98. The second kappa shape index (κ2) is 16.2. The summed E-state index contributed by atoms with van der Waals surface area (Å²) in [6.07, 6.45) is -5.18. The highest BCUT2D eigenvalue weighted by atomic mass is 19.4. The highest BCUT2D eigenvalue weighted by Crippen LogP contribution is 2.32. The molecule has 0 N–H and O–H groups in total. The molecule has 4 aromatic rings. The van der Waals surface area contributed by atoms with Gasteiger partial charge in [0.2, 0.25) is 5.91 Å². The summed E-state index contributed by atoms with van der Waals surface area (Å²) in [6.45, 7) is 2.93. The third-order valence-electron chi connectivity index (χ3n) is 8.13. The summed E-state index contributed by atoms with van der Waals surface area (Å²) >= 11 is 0. The topological polar surface area (TPSA) is 91.2 Å². The molecule has 0 aliphatic rings. The summed E-state index contributed by atoms with van der Waals surface area (Å²) in [5.74, 6) is -1.21. The number of ether oxygens (including phenoxy) is 1. The molecule has 268 valence electrons. The van der Waals surface area contributed by atoms with Crippen molar-refractivity contribution in [3.63, 3.8) is 0 Å². The van der Waals surface area contributed by atoms with Crippen molar-refractivity contribution in [2.24, 2.45) is 0 Å². The molecule has 1 unspecified atom stereocenters. The number of nitrogens with zero attached hydrogens (tertiary/aromatic N) is 6. The minimum Gasteiger partial charge on any atom is -0.494 e. The minimum atomic E-state index is -4.89. The average molecular weight is 699 g/mol. The molecule has 1 atom stereocenters. The van der Waals surface area contributed by atoms with E-state index < -0.39 is 35.9 Å². The molecule has 0 radical (unpaired) electrons. The Labute approximate surface area is 288 Å². The number of alkyl halides is 3. The van der Waals surface area contributed by atoms with Gasteiger partial charge in [0.25, 0.3) is 5.56 Å². The largest absolute Gasteiger partial charge is 0.494 e. The Bertz CT molecular complexity index is 1860. The van der Waals surface area contributed by atoms with Gasteiger partial charge in [-0.1, -0.05) is 18.2 Å². The van der Waals surface area contributed by atoms with Crippen molar-refractivity contribution in [1.29, 1.82) is 0 Å². The van der Waals surface area contributed by atoms with Crippen LogP contribution in [0.15, 0.2) is 71.5 Å². The summed E-state index contributed by atoms with van der Waals surface area (Å²) in [7, 11) is 8.47. The third kappa shape index (κ3) is 8.97. The van der Waals surface area contributed by atoms with Gasteiger partial charge >= 0.3 is 12.2 Å². The number of aromatic nitrogens is 2. The summed E-state index contributed by atoms with van der Waals surface area (Å²) < 4.78 is 61.5. The molecule has 10 nitrogen and oxygen atoms in total. The molecule has 0 saturated heterocycles. The van der Waals surface area contributed by atoms with Crippen molar-refractivity contribution in [3.8, 4) is 11.4 Å². The highest BCUT2D eigenvalue weighted by molar-refractivity contribution is 5.80. The monoisotopic (exact) mass is 698 g/mol. The lowest BCUT2D eigenvalue weighted by Crippen LogP contribution is -2.44. The summed E-state index contributed by atoms with van der Waals surface area (Å²) in [6, 6.07) is 14.9. The molecule has 3 amide bonds. The van der Waals surface area contributed by atoms with E-state index in [0.29, 0.717) is 47.6 Å². The molecule has 4 rings (SSSR count). The predicted molar refractivity (Wildman–Crippen MR) is 183 cm³/mol. The second-order valence-electron chi connectivity index (χ2n) is 12.3. The van der Waals surface area contributed by atoms with Gasteiger partial charge in [-0.2, -0.15) is 13.2 Å². The number of fused-ring (bicyclic) bond motifs is 1. The number of hydrogen-bond acceptors (Lipinski definition) is 6. The molecule has 3 aromatic carbocycles. The zero-order chi connectivity index (χ0) is 36.7. The maximum absolute atomic E-state index is 14.6. The molecule has 1 heterocycles. The standard InChI is InChI=1S/C36H42F4N6O4/c1-7-50-26-15-13-25(14-16-26)46-33(41-30-11-9-8-10-27(30)34(46)48)31(18-19-44(6)35(49)43(4)5)45(21-20-42(2)3)32(47)23-24-12-17-28(29(37)22-24)36(38,39)40/h8-17,22,31H,7,18-21,23H2,1-6H3. The van der Waals surface area contributed by atoms with Crippen LogP contribution in [-0.4, -0.2) is 103 Å². The van der Waals surface area contributed by atoms with Gasteiger partial charge in [0.15, 0.2) is 0 Å². The van der Waals surface area contributed by atoms with E-state index in [4.69, 9.17) is 9.72 Å². The van der Waals surface area contributed by atoms with Crippen LogP contribution in [0.25, 0.3) is 16.6 Å². The first-order chi connectivity index (χ1) is 23.6. The smallest absolute Gasteiger partial charge is 0.419 e. The van der Waals surface area contributed by atoms with Crippen LogP contribution in [0, 0.1) is 5.82 Å². The van der Waals surface area contributed by atoms with Crippen LogP contribution in [0.2, 0.25) is 0 Å². The Balaban J connectivity index is 1.91. The molecular formula is C36H42F4N6O4. The van der Waals surface area contributed by atoms with Crippen LogP contribution >= 0.6 is 0 Å². The number of hydrogen-bond donors (Lipinski definition) is 0. The zero-order valence-electron chi connectivity index (χ0n) is 29.0. The van der Waals surface area contributed by atoms with Crippen molar-refractivity contribution in [1.82, 2.24) is 29.2 Å². The lowest BCUT2D eigenvalue weighted by Gasteiger charge is -2.35. The summed E-state index contributed by atoms with van der Waals surface area (Å²) in [5.41, 5.74) is -0.919. The van der Waals surface area contributed by atoms with Crippen molar-refractivity contribution in [2.75, 3.05) is 61.5 Å². The molecule has 0 aliphatic heterocycles. The van der Waals surface area contributed by atoms with Gasteiger partial charge < -0.3 is 24.3 Å². The molecule has 0 fully saturated rings. The normalized spacial score (nSPS) is 12.2. The van der Waals surface area contributed by atoms with Gasteiger partial charge in [-0.25, -0.2) is 14.2 Å². The van der Waals surface area contributed by atoms with Crippen LogP contribution in [0.5, 0.6) is 5.75 Å². The van der Waals surface area contributed by atoms with Gasteiger partial charge in [0.1, 0.15) is 17.4 Å². The maximum atomic E-state index is 14.6. The van der Waals surface area contributed by atoms with E-state index in [0.717, 1.165) is 6.07 Å². The molecule has 1 aromatic heterocycles. The van der Waals surface area contributed by atoms with Crippen LogP contribution in [0.3, 0.4) is 0 Å². The Morgan fingerprint density at radius 2 is 1.60 bits per heavy atom. The predicted octanol–water partition coefficient (Wildman–Crippen LogP) is 5.62. The number of rotatable bonds is 13. The number of para-hydroxylation sites is 1. The number of halogens is 4. The lowest BCUT2D eigenvalue weighted by molar-refractivity contribution is -0.140. The Morgan fingerprint density at radius 1 is 0.920 bits per heavy atom. The Kier molecular flexibility index (Phi) is 12.2. The molecule has 0 saturated carbocycles. The minimum absolute atomic E-state index is 0.0457. The van der Waals surface area contributed by atoms with E-state index in [1.807, 2.05) is 25.9 Å². The molecule has 0 aliphatic carbocycles. The Morgan fingerprint density at radius 3 is 2.20 bits per heavy atom. The lowest BCUT2D eigenvalue weighted by atomic mass is 10.0. The first kappa shape index (κ1) is 37.8. The fraction of sp³-hybridized carbons (Fsp3) is 0.389. The second-order valence-corrected chi connectivity index (χ2v) is 12.3. The van der Waals surface area contributed by atoms with Gasteiger partial charge in [0, 0.05) is 40.8 Å². The van der Waals surface area contributed by atoms with Gasteiger partial charge in [-0.05, 0) is 81.5 Å². The number of carbonyl (C=O) groups is 2. The van der Waals surface area contributed by atoms with Gasteiger partial charge in [-0.3, -0.25) is 14.2 Å². The molecule has 0 spiro atoms. The maximum Gasteiger partial charge on any atom is 0.419 e. The molecule has 14 heteroatoms. The van der Waals surface area contributed by atoms with Crippen molar-refractivity contribution in [2.45, 2.75) is 32.0 Å². The van der Waals surface area contributed by atoms with E-state index >= 15 is 0 Å². The zero-order valence-corrected chi connectivity index (χ0v) is 29.0.